The van der Waals surface area contributed by atoms with Crippen LogP contribution in [0.3, 0.4) is 0 Å². The van der Waals surface area contributed by atoms with E-state index >= 15 is 0 Å². The summed E-state index contributed by atoms with van der Waals surface area (Å²) in [5, 5.41) is 0. The summed E-state index contributed by atoms with van der Waals surface area (Å²) >= 11 is 0. The Bertz CT molecular complexity index is 952. The first kappa shape index (κ1) is 13.8. The van der Waals surface area contributed by atoms with Crippen LogP contribution in [-0.2, 0) is 6.42 Å². The van der Waals surface area contributed by atoms with Crippen LogP contribution in [0.4, 0.5) is 0 Å². The second-order valence-electron chi connectivity index (χ2n) is 5.81. The zero-order valence-corrected chi connectivity index (χ0v) is 13.1. The number of aryl methyl sites for hydroxylation is 1. The average molecular weight is 298 g/mol. The van der Waals surface area contributed by atoms with Gasteiger partial charge in [-0.3, -0.25) is 0 Å². The number of hydrogen-bond donors (Lipinski definition) is 0. The van der Waals surface area contributed by atoms with E-state index in [0.29, 0.717) is 0 Å². The lowest BCUT2D eigenvalue weighted by Crippen LogP contribution is -1.98. The fourth-order valence-electron chi connectivity index (χ4n) is 3.03. The molecule has 0 saturated carbocycles. The molecule has 112 valence electrons. The molecule has 2 heterocycles. The zero-order valence-electron chi connectivity index (χ0n) is 13.1. The largest absolute Gasteiger partial charge is 0.303 e. The van der Waals surface area contributed by atoms with Gasteiger partial charge in [0.1, 0.15) is 5.65 Å². The third kappa shape index (κ3) is 2.53. The predicted octanol–water partition coefficient (Wildman–Crippen LogP) is 4.90. The number of pyridine rings is 1. The zero-order chi connectivity index (χ0) is 15.6. The molecule has 2 heteroatoms. The van der Waals surface area contributed by atoms with Crippen LogP contribution in [0.15, 0.2) is 79.0 Å². The third-order valence-electron chi connectivity index (χ3n) is 4.30. The molecule has 2 nitrogen and oxygen atoms in total. The van der Waals surface area contributed by atoms with E-state index in [2.05, 4.69) is 78.2 Å². The van der Waals surface area contributed by atoms with E-state index in [0.717, 1.165) is 17.8 Å². The van der Waals surface area contributed by atoms with Crippen molar-refractivity contribution in [2.45, 2.75) is 13.3 Å². The first-order chi connectivity index (χ1) is 11.3. The number of benzene rings is 2. The van der Waals surface area contributed by atoms with Gasteiger partial charge in [-0.15, -0.1) is 0 Å². The molecule has 0 radical (unpaired) electrons. The van der Waals surface area contributed by atoms with Crippen LogP contribution < -0.4 is 0 Å². The maximum Gasteiger partial charge on any atom is 0.137 e. The fourth-order valence-corrected chi connectivity index (χ4v) is 3.03. The summed E-state index contributed by atoms with van der Waals surface area (Å²) in [5.74, 6) is 0. The first-order valence-corrected chi connectivity index (χ1v) is 7.89. The van der Waals surface area contributed by atoms with Crippen molar-refractivity contribution < 1.29 is 0 Å². The normalized spacial score (nSPS) is 11.0. The van der Waals surface area contributed by atoms with Gasteiger partial charge in [0.05, 0.1) is 11.4 Å². The molecule has 0 atom stereocenters. The summed E-state index contributed by atoms with van der Waals surface area (Å²) < 4.78 is 2.20. The quantitative estimate of drug-likeness (QED) is 0.526. The Morgan fingerprint density at radius 2 is 1.57 bits per heavy atom. The van der Waals surface area contributed by atoms with Gasteiger partial charge in [-0.2, -0.15) is 0 Å². The van der Waals surface area contributed by atoms with Crippen LogP contribution in [-0.4, -0.2) is 9.38 Å². The molecule has 0 saturated heterocycles. The Morgan fingerprint density at radius 1 is 0.826 bits per heavy atom. The van der Waals surface area contributed by atoms with Gasteiger partial charge in [0, 0.05) is 18.2 Å². The minimum atomic E-state index is 0.877. The SMILES string of the molecule is Cc1ccccc1Cc1c(-c2ccccc2)nc2ccccn12. The van der Waals surface area contributed by atoms with Crippen LogP contribution in [0.2, 0.25) is 0 Å². The molecular formula is C21H18N2. The molecule has 4 aromatic rings. The average Bonchev–Trinajstić information content (AvgIpc) is 2.96. The van der Waals surface area contributed by atoms with Crippen LogP contribution in [0.25, 0.3) is 16.9 Å². The highest BCUT2D eigenvalue weighted by Crippen LogP contribution is 2.27. The molecular weight excluding hydrogens is 280 g/mol. The van der Waals surface area contributed by atoms with Crippen LogP contribution in [0, 0.1) is 6.92 Å². The van der Waals surface area contributed by atoms with Crippen LogP contribution in [0.1, 0.15) is 16.8 Å². The van der Waals surface area contributed by atoms with E-state index < -0.39 is 0 Å². The van der Waals surface area contributed by atoms with E-state index in [-0.39, 0.29) is 0 Å². The Labute approximate surface area is 136 Å². The molecule has 2 aromatic carbocycles. The molecule has 0 aliphatic carbocycles. The minimum absolute atomic E-state index is 0.877. The molecule has 0 aliphatic rings. The Hall–Kier alpha value is -2.87. The Balaban J connectivity index is 1.92. The summed E-state index contributed by atoms with van der Waals surface area (Å²) in [7, 11) is 0. The van der Waals surface area contributed by atoms with Gasteiger partial charge in [-0.05, 0) is 30.2 Å². The van der Waals surface area contributed by atoms with Gasteiger partial charge in [0.15, 0.2) is 0 Å². The van der Waals surface area contributed by atoms with Gasteiger partial charge in [0.2, 0.25) is 0 Å². The highest BCUT2D eigenvalue weighted by Gasteiger charge is 2.14. The van der Waals surface area contributed by atoms with Crippen molar-refractivity contribution in [1.82, 2.24) is 9.38 Å². The lowest BCUT2D eigenvalue weighted by molar-refractivity contribution is 1.02. The molecule has 0 unspecified atom stereocenters. The van der Waals surface area contributed by atoms with E-state index in [1.807, 2.05) is 12.1 Å². The van der Waals surface area contributed by atoms with Gasteiger partial charge >= 0.3 is 0 Å². The summed E-state index contributed by atoms with van der Waals surface area (Å²) in [4.78, 5) is 4.87. The van der Waals surface area contributed by atoms with Crippen molar-refractivity contribution in [3.63, 3.8) is 0 Å². The minimum Gasteiger partial charge on any atom is -0.303 e. The molecule has 0 fully saturated rings. The number of hydrogen-bond acceptors (Lipinski definition) is 1. The van der Waals surface area contributed by atoms with Crippen LogP contribution >= 0.6 is 0 Å². The molecule has 0 amide bonds. The summed E-state index contributed by atoms with van der Waals surface area (Å²) in [6.45, 7) is 2.17. The molecule has 0 bridgehead atoms. The van der Waals surface area contributed by atoms with Crippen molar-refractivity contribution in [1.29, 1.82) is 0 Å². The molecule has 4 rings (SSSR count). The second-order valence-corrected chi connectivity index (χ2v) is 5.81. The van der Waals surface area contributed by atoms with Gasteiger partial charge in [-0.25, -0.2) is 4.98 Å². The van der Waals surface area contributed by atoms with Gasteiger partial charge in [-0.1, -0.05) is 60.7 Å². The maximum atomic E-state index is 4.87. The highest BCUT2D eigenvalue weighted by molar-refractivity contribution is 5.67. The third-order valence-corrected chi connectivity index (χ3v) is 4.30. The lowest BCUT2D eigenvalue weighted by Gasteiger charge is -2.08. The van der Waals surface area contributed by atoms with Crippen LogP contribution in [0.5, 0.6) is 0 Å². The van der Waals surface area contributed by atoms with E-state index in [1.54, 1.807) is 0 Å². The molecule has 0 spiro atoms. The number of imidazole rings is 1. The smallest absolute Gasteiger partial charge is 0.137 e. The van der Waals surface area contributed by atoms with E-state index in [4.69, 9.17) is 4.98 Å². The number of aromatic nitrogens is 2. The number of fused-ring (bicyclic) bond motifs is 1. The van der Waals surface area contributed by atoms with Crippen molar-refractivity contribution in [3.8, 4) is 11.3 Å². The monoisotopic (exact) mass is 298 g/mol. The fraction of sp³-hybridized carbons (Fsp3) is 0.0952. The van der Waals surface area contributed by atoms with Crippen molar-refractivity contribution in [3.05, 3.63) is 95.8 Å². The first-order valence-electron chi connectivity index (χ1n) is 7.89. The topological polar surface area (TPSA) is 17.3 Å². The highest BCUT2D eigenvalue weighted by atomic mass is 15.0. The molecule has 0 aliphatic heterocycles. The van der Waals surface area contributed by atoms with Crippen molar-refractivity contribution >= 4 is 5.65 Å². The molecule has 0 N–H and O–H groups in total. The predicted molar refractivity (Wildman–Crippen MR) is 94.6 cm³/mol. The molecule has 23 heavy (non-hydrogen) atoms. The standard InChI is InChI=1S/C21H18N2/c1-16-9-5-6-12-18(16)15-19-21(17-10-3-2-4-11-17)22-20-13-7-8-14-23(19)20/h2-14H,15H2,1H3. The lowest BCUT2D eigenvalue weighted by atomic mass is 10.0. The summed E-state index contributed by atoms with van der Waals surface area (Å²) in [5.41, 5.74) is 7.13. The summed E-state index contributed by atoms with van der Waals surface area (Å²) in [6.07, 6.45) is 2.98. The Morgan fingerprint density at radius 3 is 2.39 bits per heavy atom. The summed E-state index contributed by atoms with van der Waals surface area (Å²) in [6, 6.07) is 25.2. The molecule has 2 aromatic heterocycles. The number of nitrogens with zero attached hydrogens (tertiary/aromatic N) is 2. The van der Waals surface area contributed by atoms with Crippen molar-refractivity contribution in [2.24, 2.45) is 0 Å². The van der Waals surface area contributed by atoms with Crippen molar-refractivity contribution in [2.75, 3.05) is 0 Å². The number of rotatable bonds is 3. The van der Waals surface area contributed by atoms with Gasteiger partial charge < -0.3 is 4.40 Å². The Kier molecular flexibility index (Phi) is 3.43. The van der Waals surface area contributed by atoms with E-state index in [9.17, 15) is 0 Å². The van der Waals surface area contributed by atoms with Gasteiger partial charge in [0.25, 0.3) is 0 Å². The second kappa shape index (κ2) is 5.73. The van der Waals surface area contributed by atoms with E-state index in [1.165, 1.54) is 22.4 Å². The maximum absolute atomic E-state index is 4.87.